The van der Waals surface area contributed by atoms with Crippen molar-refractivity contribution in [2.45, 2.75) is 44.2 Å². The van der Waals surface area contributed by atoms with Gasteiger partial charge in [0.25, 0.3) is 5.91 Å². The molecule has 0 bridgehead atoms. The fourth-order valence-electron chi connectivity index (χ4n) is 4.31. The molecule has 34 heavy (non-hydrogen) atoms. The average Bonchev–Trinajstić information content (AvgIpc) is 2.83. The Bertz CT molecular complexity index is 1210. The maximum atomic E-state index is 13.5. The van der Waals surface area contributed by atoms with Crippen LogP contribution in [0, 0.1) is 12.8 Å². The predicted molar refractivity (Wildman–Crippen MR) is 126 cm³/mol. The molecular weight excluding hydrogens is 458 g/mol. The number of rotatable bonds is 6. The van der Waals surface area contributed by atoms with Crippen LogP contribution in [-0.4, -0.2) is 50.8 Å². The van der Waals surface area contributed by atoms with Crippen molar-refractivity contribution in [1.29, 1.82) is 0 Å². The molecule has 2 N–H and O–H groups in total. The largest absolute Gasteiger partial charge is 0.496 e. The number of ether oxygens (including phenoxy) is 2. The van der Waals surface area contributed by atoms with Gasteiger partial charge in [0.05, 0.1) is 23.6 Å². The number of piperidine rings is 1. The maximum Gasteiger partial charge on any atom is 0.265 e. The van der Waals surface area contributed by atoms with Crippen LogP contribution in [-0.2, 0) is 26.2 Å². The van der Waals surface area contributed by atoms with E-state index in [-0.39, 0.29) is 23.3 Å². The van der Waals surface area contributed by atoms with E-state index in [4.69, 9.17) is 9.47 Å². The Hall–Kier alpha value is -3.11. The summed E-state index contributed by atoms with van der Waals surface area (Å²) in [5.74, 6) is 0.0886. The molecule has 0 aliphatic carbocycles. The summed E-state index contributed by atoms with van der Waals surface area (Å²) < 4.78 is 39.3. The highest BCUT2D eigenvalue weighted by Crippen LogP contribution is 2.36. The van der Waals surface area contributed by atoms with Crippen LogP contribution in [0.3, 0.4) is 0 Å². The van der Waals surface area contributed by atoms with Gasteiger partial charge >= 0.3 is 0 Å². The zero-order chi connectivity index (χ0) is 24.5. The van der Waals surface area contributed by atoms with Gasteiger partial charge in [-0.2, -0.15) is 4.31 Å². The Labute approximate surface area is 199 Å². The first-order valence-corrected chi connectivity index (χ1v) is 12.7. The third kappa shape index (κ3) is 4.74. The predicted octanol–water partition coefficient (Wildman–Crippen LogP) is 2.44. The molecule has 1 saturated heterocycles. The lowest BCUT2D eigenvalue weighted by molar-refractivity contribution is -0.126. The van der Waals surface area contributed by atoms with Gasteiger partial charge < -0.3 is 20.1 Å². The molecule has 0 spiro atoms. The van der Waals surface area contributed by atoms with Gasteiger partial charge in [-0.15, -0.1) is 0 Å². The maximum absolute atomic E-state index is 13.5. The summed E-state index contributed by atoms with van der Waals surface area (Å²) in [5, 5.41) is 5.65. The first kappa shape index (κ1) is 24.0. The molecule has 2 amide bonds. The zero-order valence-electron chi connectivity index (χ0n) is 19.5. The molecule has 9 nitrogen and oxygen atoms in total. The molecule has 0 aromatic heterocycles. The summed E-state index contributed by atoms with van der Waals surface area (Å²) in [4.78, 5) is 24.9. The molecule has 0 radical (unpaired) electrons. The Morgan fingerprint density at radius 1 is 1.29 bits per heavy atom. The van der Waals surface area contributed by atoms with Gasteiger partial charge in [0.15, 0.2) is 6.10 Å². The van der Waals surface area contributed by atoms with Crippen molar-refractivity contribution < 1.29 is 27.5 Å². The number of hydrogen-bond acceptors (Lipinski definition) is 6. The van der Waals surface area contributed by atoms with Gasteiger partial charge in [-0.3, -0.25) is 9.59 Å². The fourth-order valence-corrected chi connectivity index (χ4v) is 6.06. The van der Waals surface area contributed by atoms with Gasteiger partial charge in [-0.1, -0.05) is 18.2 Å². The van der Waals surface area contributed by atoms with Crippen molar-refractivity contribution in [1.82, 2.24) is 9.62 Å². The normalized spacial score (nSPS) is 20.6. The third-order valence-corrected chi connectivity index (χ3v) is 8.23. The Morgan fingerprint density at radius 3 is 2.82 bits per heavy atom. The van der Waals surface area contributed by atoms with Crippen molar-refractivity contribution in [3.63, 3.8) is 0 Å². The van der Waals surface area contributed by atoms with Crippen LogP contribution in [0.25, 0.3) is 0 Å². The summed E-state index contributed by atoms with van der Waals surface area (Å²) >= 11 is 0. The van der Waals surface area contributed by atoms with Crippen LogP contribution in [0.15, 0.2) is 41.3 Å². The lowest BCUT2D eigenvalue weighted by Crippen LogP contribution is -2.45. The number of aryl methyl sites for hydroxylation is 1. The van der Waals surface area contributed by atoms with Gasteiger partial charge in [0.1, 0.15) is 11.5 Å². The second-order valence-corrected chi connectivity index (χ2v) is 10.5. The van der Waals surface area contributed by atoms with E-state index in [9.17, 15) is 18.0 Å². The molecule has 2 aromatic carbocycles. The minimum Gasteiger partial charge on any atom is -0.496 e. The summed E-state index contributed by atoms with van der Waals surface area (Å²) in [7, 11) is -2.28. The SMILES string of the molecule is COc1ccccc1CNC(=O)[C@@H]1CCCN(S(=O)(=O)c2cc3c(cc2C)NC(=O)[C@@H](C)O3)C1. The molecule has 2 aliphatic rings. The van der Waals surface area contributed by atoms with Crippen molar-refractivity contribution in [3.8, 4) is 11.5 Å². The van der Waals surface area contributed by atoms with E-state index in [1.54, 1.807) is 27.0 Å². The Balaban J connectivity index is 1.48. The van der Waals surface area contributed by atoms with E-state index in [1.807, 2.05) is 24.3 Å². The molecule has 2 heterocycles. The lowest BCUT2D eigenvalue weighted by Gasteiger charge is -2.32. The Morgan fingerprint density at radius 2 is 2.06 bits per heavy atom. The molecule has 0 unspecified atom stereocenters. The van der Waals surface area contributed by atoms with Gasteiger partial charge in [-0.25, -0.2) is 8.42 Å². The van der Waals surface area contributed by atoms with Crippen LogP contribution < -0.4 is 20.1 Å². The number of hydrogen-bond donors (Lipinski definition) is 2. The molecule has 1 fully saturated rings. The highest BCUT2D eigenvalue weighted by molar-refractivity contribution is 7.89. The molecular formula is C24H29N3O6S. The summed E-state index contributed by atoms with van der Waals surface area (Å²) in [6, 6.07) is 10.5. The van der Waals surface area contributed by atoms with E-state index < -0.39 is 22.0 Å². The number of anilines is 1. The van der Waals surface area contributed by atoms with E-state index in [1.165, 1.54) is 10.4 Å². The van der Waals surface area contributed by atoms with Gasteiger partial charge in [0, 0.05) is 31.3 Å². The minimum absolute atomic E-state index is 0.102. The first-order chi connectivity index (χ1) is 16.2. The number of nitrogens with one attached hydrogen (secondary N) is 2. The van der Waals surface area contributed by atoms with Crippen LogP contribution in [0.4, 0.5) is 5.69 Å². The van der Waals surface area contributed by atoms with E-state index in [0.29, 0.717) is 48.7 Å². The van der Waals surface area contributed by atoms with Gasteiger partial charge in [0.2, 0.25) is 15.9 Å². The molecule has 4 rings (SSSR count). The topological polar surface area (TPSA) is 114 Å². The molecule has 10 heteroatoms. The minimum atomic E-state index is -3.86. The lowest BCUT2D eigenvalue weighted by atomic mass is 9.98. The summed E-state index contributed by atoms with van der Waals surface area (Å²) in [6.07, 6.45) is 0.483. The fraction of sp³-hybridized carbons (Fsp3) is 0.417. The number of amides is 2. The van der Waals surface area contributed by atoms with Crippen LogP contribution in [0.5, 0.6) is 11.5 Å². The van der Waals surface area contributed by atoms with Crippen molar-refractivity contribution >= 4 is 27.5 Å². The second-order valence-electron chi connectivity index (χ2n) is 8.60. The summed E-state index contributed by atoms with van der Waals surface area (Å²) in [5.41, 5.74) is 1.80. The van der Waals surface area contributed by atoms with Crippen LogP contribution in [0.1, 0.15) is 30.9 Å². The number of para-hydroxylation sites is 1. The van der Waals surface area contributed by atoms with Crippen molar-refractivity contribution in [2.75, 3.05) is 25.5 Å². The number of sulfonamides is 1. The van der Waals surface area contributed by atoms with Crippen LogP contribution >= 0.6 is 0 Å². The van der Waals surface area contributed by atoms with E-state index >= 15 is 0 Å². The van der Waals surface area contributed by atoms with Crippen molar-refractivity contribution in [2.24, 2.45) is 5.92 Å². The number of methoxy groups -OCH3 is 1. The standard InChI is InChI=1S/C24H29N3O6S/c1-15-11-19-21(33-16(2)23(28)26-19)12-22(15)34(30,31)27-10-6-8-18(14-27)24(29)25-13-17-7-4-5-9-20(17)32-3/h4-5,7,9,11-12,16,18H,6,8,10,13-14H2,1-3H3,(H,25,29)(H,26,28)/t16-,18-/m1/s1. The average molecular weight is 488 g/mol. The van der Waals surface area contributed by atoms with E-state index in [2.05, 4.69) is 10.6 Å². The van der Waals surface area contributed by atoms with Crippen molar-refractivity contribution in [3.05, 3.63) is 47.5 Å². The number of fused-ring (bicyclic) bond motifs is 1. The molecule has 0 saturated carbocycles. The Kier molecular flexibility index (Phi) is 6.81. The molecule has 182 valence electrons. The van der Waals surface area contributed by atoms with Gasteiger partial charge in [-0.05, 0) is 44.4 Å². The number of carbonyl (C=O) groups excluding carboxylic acids is 2. The monoisotopic (exact) mass is 487 g/mol. The van der Waals surface area contributed by atoms with E-state index in [0.717, 1.165) is 5.56 Å². The highest BCUT2D eigenvalue weighted by Gasteiger charge is 2.35. The number of nitrogens with zero attached hydrogens (tertiary/aromatic N) is 1. The second kappa shape index (κ2) is 9.63. The zero-order valence-corrected chi connectivity index (χ0v) is 20.3. The number of benzene rings is 2. The molecule has 2 atom stereocenters. The molecule has 2 aromatic rings. The molecule has 2 aliphatic heterocycles. The third-order valence-electron chi connectivity index (χ3n) is 6.23. The highest BCUT2D eigenvalue weighted by atomic mass is 32.2. The summed E-state index contributed by atoms with van der Waals surface area (Å²) in [6.45, 7) is 4.02. The quantitative estimate of drug-likeness (QED) is 0.647. The smallest absolute Gasteiger partial charge is 0.265 e. The first-order valence-electron chi connectivity index (χ1n) is 11.2. The number of carbonyl (C=O) groups is 2. The van der Waals surface area contributed by atoms with Crippen LogP contribution in [0.2, 0.25) is 0 Å².